The topological polar surface area (TPSA) is 75.0 Å². The number of benzene rings is 1. The van der Waals surface area contributed by atoms with Crippen molar-refractivity contribution in [1.82, 2.24) is 9.55 Å². The lowest BCUT2D eigenvalue weighted by Gasteiger charge is -2.18. The average Bonchev–Trinajstić information content (AvgIpc) is 2.95. The Labute approximate surface area is 136 Å². The second-order valence-electron chi connectivity index (χ2n) is 5.40. The summed E-state index contributed by atoms with van der Waals surface area (Å²) in [7, 11) is 0. The maximum Gasteiger partial charge on any atom is 0.263 e. The SMILES string of the molecule is CCC(C(=O)[O-])n1cnc2scc(-c3ccc(C)cc3)c2c1=O. The van der Waals surface area contributed by atoms with E-state index in [1.807, 2.05) is 36.6 Å². The summed E-state index contributed by atoms with van der Waals surface area (Å²) < 4.78 is 1.15. The van der Waals surface area contributed by atoms with Gasteiger partial charge < -0.3 is 9.90 Å². The monoisotopic (exact) mass is 327 g/mol. The Morgan fingerprint density at radius 3 is 2.65 bits per heavy atom. The van der Waals surface area contributed by atoms with E-state index in [0.717, 1.165) is 21.3 Å². The van der Waals surface area contributed by atoms with Gasteiger partial charge in [-0.15, -0.1) is 11.3 Å². The summed E-state index contributed by atoms with van der Waals surface area (Å²) in [6.07, 6.45) is 1.56. The van der Waals surface area contributed by atoms with Crippen LogP contribution in [0.1, 0.15) is 24.9 Å². The molecule has 0 saturated carbocycles. The first-order valence-electron chi connectivity index (χ1n) is 7.29. The van der Waals surface area contributed by atoms with Crippen molar-refractivity contribution < 1.29 is 9.90 Å². The van der Waals surface area contributed by atoms with E-state index in [2.05, 4.69) is 4.98 Å². The molecular weight excluding hydrogens is 312 g/mol. The van der Waals surface area contributed by atoms with Gasteiger partial charge in [0.15, 0.2) is 0 Å². The van der Waals surface area contributed by atoms with E-state index in [0.29, 0.717) is 10.2 Å². The molecule has 2 aromatic heterocycles. The third kappa shape index (κ3) is 2.66. The van der Waals surface area contributed by atoms with Crippen LogP contribution in [0.15, 0.2) is 40.8 Å². The van der Waals surface area contributed by atoms with E-state index in [4.69, 9.17) is 0 Å². The molecule has 1 unspecified atom stereocenters. The zero-order valence-corrected chi connectivity index (χ0v) is 13.6. The van der Waals surface area contributed by atoms with Gasteiger partial charge in [0.25, 0.3) is 5.56 Å². The highest BCUT2D eigenvalue weighted by Gasteiger charge is 2.17. The van der Waals surface area contributed by atoms with Gasteiger partial charge in [0.1, 0.15) is 4.83 Å². The molecule has 0 fully saturated rings. The second-order valence-corrected chi connectivity index (χ2v) is 6.25. The zero-order chi connectivity index (χ0) is 16.6. The smallest absolute Gasteiger partial charge is 0.263 e. The van der Waals surface area contributed by atoms with E-state index in [9.17, 15) is 14.7 Å². The fourth-order valence-electron chi connectivity index (χ4n) is 2.59. The molecule has 0 bridgehead atoms. The van der Waals surface area contributed by atoms with Gasteiger partial charge in [0, 0.05) is 10.9 Å². The summed E-state index contributed by atoms with van der Waals surface area (Å²) in [5, 5.41) is 13.6. The second kappa shape index (κ2) is 5.96. The number of aliphatic carboxylic acids is 1. The van der Waals surface area contributed by atoms with Crippen molar-refractivity contribution in [2.75, 3.05) is 0 Å². The van der Waals surface area contributed by atoms with Crippen LogP contribution in [0.2, 0.25) is 0 Å². The molecule has 0 amide bonds. The number of thiophene rings is 1. The quantitative estimate of drug-likeness (QED) is 0.736. The number of fused-ring (bicyclic) bond motifs is 1. The highest BCUT2D eigenvalue weighted by Crippen LogP contribution is 2.31. The van der Waals surface area contributed by atoms with Crippen LogP contribution in [-0.4, -0.2) is 15.5 Å². The maximum absolute atomic E-state index is 12.8. The summed E-state index contributed by atoms with van der Waals surface area (Å²) in [6.45, 7) is 3.70. The minimum absolute atomic E-state index is 0.263. The van der Waals surface area contributed by atoms with Gasteiger partial charge in [-0.1, -0.05) is 36.8 Å². The zero-order valence-electron chi connectivity index (χ0n) is 12.8. The molecule has 3 rings (SSSR count). The Kier molecular flexibility index (Phi) is 4.00. The third-order valence-corrected chi connectivity index (χ3v) is 4.76. The van der Waals surface area contributed by atoms with Crippen molar-refractivity contribution in [2.24, 2.45) is 0 Å². The molecule has 3 aromatic rings. The van der Waals surface area contributed by atoms with Crippen LogP contribution >= 0.6 is 11.3 Å². The molecule has 0 aliphatic heterocycles. The van der Waals surface area contributed by atoms with Crippen LogP contribution in [0.25, 0.3) is 21.3 Å². The average molecular weight is 327 g/mol. The van der Waals surface area contributed by atoms with E-state index in [1.165, 1.54) is 17.7 Å². The number of aryl methyl sites for hydroxylation is 1. The molecule has 1 aromatic carbocycles. The Bertz CT molecular complexity index is 925. The number of hydrogen-bond donors (Lipinski definition) is 0. The first-order valence-corrected chi connectivity index (χ1v) is 8.17. The highest BCUT2D eigenvalue weighted by atomic mass is 32.1. The van der Waals surface area contributed by atoms with Crippen molar-refractivity contribution in [3.63, 3.8) is 0 Å². The molecule has 23 heavy (non-hydrogen) atoms. The molecule has 0 spiro atoms. The first-order chi connectivity index (χ1) is 11.0. The van der Waals surface area contributed by atoms with Crippen molar-refractivity contribution in [3.05, 3.63) is 51.9 Å². The van der Waals surface area contributed by atoms with Gasteiger partial charge in [-0.25, -0.2) is 4.98 Å². The molecule has 5 nitrogen and oxygen atoms in total. The van der Waals surface area contributed by atoms with Crippen molar-refractivity contribution in [3.8, 4) is 11.1 Å². The lowest BCUT2D eigenvalue weighted by molar-refractivity contribution is -0.310. The van der Waals surface area contributed by atoms with Crippen molar-refractivity contribution >= 4 is 27.5 Å². The minimum atomic E-state index is -1.28. The molecule has 0 aliphatic rings. The minimum Gasteiger partial charge on any atom is -0.548 e. The predicted octanol–water partition coefficient (Wildman–Crippen LogP) is 2.13. The normalized spacial score (nSPS) is 12.4. The molecule has 0 aliphatic carbocycles. The molecule has 0 radical (unpaired) electrons. The van der Waals surface area contributed by atoms with Crippen LogP contribution in [-0.2, 0) is 4.79 Å². The number of carboxylic acids is 1. The van der Waals surface area contributed by atoms with Crippen LogP contribution < -0.4 is 10.7 Å². The number of carbonyl (C=O) groups excluding carboxylic acids is 1. The molecule has 6 heteroatoms. The summed E-state index contributed by atoms with van der Waals surface area (Å²) in [5.41, 5.74) is 2.49. The molecule has 1 atom stereocenters. The summed E-state index contributed by atoms with van der Waals surface area (Å²) in [6, 6.07) is 6.84. The number of carbonyl (C=O) groups is 1. The number of nitrogens with zero attached hydrogens (tertiary/aromatic N) is 2. The van der Waals surface area contributed by atoms with Crippen LogP contribution in [0, 0.1) is 6.92 Å². The van der Waals surface area contributed by atoms with Crippen molar-refractivity contribution in [1.29, 1.82) is 0 Å². The molecular formula is C17H15N2O3S-. The van der Waals surface area contributed by atoms with Crippen LogP contribution in [0.3, 0.4) is 0 Å². The van der Waals surface area contributed by atoms with E-state index in [-0.39, 0.29) is 12.0 Å². The Hall–Kier alpha value is -2.47. The molecule has 0 N–H and O–H groups in total. The van der Waals surface area contributed by atoms with Crippen LogP contribution in [0.5, 0.6) is 0 Å². The number of rotatable bonds is 4. The largest absolute Gasteiger partial charge is 0.548 e. The Morgan fingerprint density at radius 2 is 2.04 bits per heavy atom. The number of aromatic nitrogens is 2. The fraction of sp³-hybridized carbons (Fsp3) is 0.235. The van der Waals surface area contributed by atoms with Gasteiger partial charge in [-0.3, -0.25) is 9.36 Å². The molecule has 0 saturated heterocycles. The fourth-order valence-corrected chi connectivity index (χ4v) is 3.50. The maximum atomic E-state index is 12.8. The lowest BCUT2D eigenvalue weighted by atomic mass is 10.0. The predicted molar refractivity (Wildman–Crippen MR) is 88.4 cm³/mol. The summed E-state index contributed by atoms with van der Waals surface area (Å²) in [4.78, 5) is 28.9. The van der Waals surface area contributed by atoms with Gasteiger partial charge in [0.2, 0.25) is 0 Å². The van der Waals surface area contributed by atoms with Gasteiger partial charge >= 0.3 is 0 Å². The van der Waals surface area contributed by atoms with E-state index >= 15 is 0 Å². The third-order valence-electron chi connectivity index (χ3n) is 3.88. The standard InChI is InChI=1S/C17H16N2O3S/c1-3-13(17(21)22)19-9-18-15-14(16(19)20)12(8-23-15)11-6-4-10(2)5-7-11/h4-9,13H,3H2,1-2H3,(H,21,22)/p-1. The van der Waals surface area contributed by atoms with E-state index < -0.39 is 12.0 Å². The lowest BCUT2D eigenvalue weighted by Crippen LogP contribution is -2.37. The van der Waals surface area contributed by atoms with Gasteiger partial charge in [-0.2, -0.15) is 0 Å². The van der Waals surface area contributed by atoms with E-state index in [1.54, 1.807) is 6.92 Å². The highest BCUT2D eigenvalue weighted by molar-refractivity contribution is 7.17. The molecule has 2 heterocycles. The summed E-state index contributed by atoms with van der Waals surface area (Å²) in [5.74, 6) is -1.28. The van der Waals surface area contributed by atoms with Crippen LogP contribution in [0.4, 0.5) is 0 Å². The summed E-state index contributed by atoms with van der Waals surface area (Å²) >= 11 is 1.38. The van der Waals surface area contributed by atoms with Gasteiger partial charge in [-0.05, 0) is 18.9 Å². The Balaban J connectivity index is 2.24. The first kappa shape index (κ1) is 15.4. The Morgan fingerprint density at radius 1 is 1.35 bits per heavy atom. The number of hydrogen-bond acceptors (Lipinski definition) is 5. The molecule has 118 valence electrons. The van der Waals surface area contributed by atoms with Crippen molar-refractivity contribution in [2.45, 2.75) is 26.3 Å². The number of carboxylic acid groups (broad SMARTS) is 1. The van der Waals surface area contributed by atoms with Gasteiger partial charge in [0.05, 0.1) is 23.7 Å².